The molecule has 2 heterocycles. The number of pyridine rings is 1. The van der Waals surface area contributed by atoms with E-state index in [2.05, 4.69) is 22.9 Å². The molecule has 1 unspecified atom stereocenters. The Morgan fingerprint density at radius 3 is 2.78 bits per heavy atom. The van der Waals surface area contributed by atoms with Gasteiger partial charge in [0.25, 0.3) is 0 Å². The number of hydrogen-bond donors (Lipinski definition) is 1. The zero-order valence-corrected chi connectivity index (χ0v) is 21.4. The molecule has 1 aromatic carbocycles. The minimum atomic E-state index is -0.276. The first-order valence-electron chi connectivity index (χ1n) is 12.6. The first-order valence-corrected chi connectivity index (χ1v) is 12.6. The number of carbonyl (C=O) groups is 2. The molecule has 0 bridgehead atoms. The van der Waals surface area contributed by atoms with E-state index < -0.39 is 0 Å². The molecule has 4 rings (SSSR count). The van der Waals surface area contributed by atoms with Crippen molar-refractivity contribution in [1.29, 1.82) is 5.26 Å². The highest BCUT2D eigenvalue weighted by Crippen LogP contribution is 2.45. The summed E-state index contributed by atoms with van der Waals surface area (Å²) in [6, 6.07) is 11.5. The summed E-state index contributed by atoms with van der Waals surface area (Å²) < 4.78 is 11.2. The Kier molecular flexibility index (Phi) is 8.41. The monoisotopic (exact) mass is 503 g/mol. The third-order valence-electron chi connectivity index (χ3n) is 6.62. The highest BCUT2D eigenvalue weighted by molar-refractivity contribution is 5.98. The van der Waals surface area contributed by atoms with Gasteiger partial charge in [0.05, 0.1) is 24.3 Å². The van der Waals surface area contributed by atoms with Crippen molar-refractivity contribution in [2.24, 2.45) is 0 Å². The quantitative estimate of drug-likeness (QED) is 0.494. The molecule has 1 saturated carbocycles. The van der Waals surface area contributed by atoms with Gasteiger partial charge in [-0.3, -0.25) is 9.59 Å². The summed E-state index contributed by atoms with van der Waals surface area (Å²) in [5.74, 6) is 1.39. The Morgan fingerprint density at radius 1 is 1.30 bits per heavy atom. The molecule has 1 aliphatic carbocycles. The predicted molar refractivity (Wildman–Crippen MR) is 140 cm³/mol. The summed E-state index contributed by atoms with van der Waals surface area (Å²) in [6.07, 6.45) is 3.66. The predicted octanol–water partition coefficient (Wildman–Crippen LogP) is 3.61. The van der Waals surface area contributed by atoms with Gasteiger partial charge >= 0.3 is 0 Å². The van der Waals surface area contributed by atoms with Gasteiger partial charge in [0.1, 0.15) is 24.2 Å². The maximum atomic E-state index is 12.5. The third kappa shape index (κ3) is 6.46. The van der Waals surface area contributed by atoms with Crippen molar-refractivity contribution >= 4 is 23.3 Å². The van der Waals surface area contributed by atoms with E-state index >= 15 is 0 Å². The summed E-state index contributed by atoms with van der Waals surface area (Å²) in [4.78, 5) is 33.1. The second kappa shape index (κ2) is 11.9. The highest BCUT2D eigenvalue weighted by Gasteiger charge is 2.33. The molecule has 9 heteroatoms. The largest absolute Gasteiger partial charge is 0.487 e. The number of anilines is 2. The van der Waals surface area contributed by atoms with E-state index in [0.717, 1.165) is 24.1 Å². The van der Waals surface area contributed by atoms with Crippen LogP contribution in [0.2, 0.25) is 0 Å². The lowest BCUT2D eigenvalue weighted by Gasteiger charge is -2.40. The van der Waals surface area contributed by atoms with Gasteiger partial charge in [0.2, 0.25) is 11.8 Å². The molecule has 9 nitrogen and oxygen atoms in total. The van der Waals surface area contributed by atoms with Crippen molar-refractivity contribution in [2.75, 3.05) is 43.6 Å². The van der Waals surface area contributed by atoms with Gasteiger partial charge in [-0.05, 0) is 43.5 Å². The number of amides is 2. The van der Waals surface area contributed by atoms with Crippen LogP contribution in [0.5, 0.6) is 5.75 Å². The van der Waals surface area contributed by atoms with E-state index in [1.54, 1.807) is 19.2 Å². The first-order chi connectivity index (χ1) is 17.9. The molecule has 37 heavy (non-hydrogen) atoms. The first kappa shape index (κ1) is 26.2. The van der Waals surface area contributed by atoms with Crippen molar-refractivity contribution in [1.82, 2.24) is 9.88 Å². The summed E-state index contributed by atoms with van der Waals surface area (Å²) >= 11 is 0. The Morgan fingerprint density at radius 2 is 2.11 bits per heavy atom. The van der Waals surface area contributed by atoms with Crippen molar-refractivity contribution in [3.05, 3.63) is 59.8 Å². The molecule has 2 aliphatic rings. The molecule has 1 atom stereocenters. The Hall–Kier alpha value is -3.90. The number of carbonyl (C=O) groups excluding carboxylic acids is 2. The van der Waals surface area contributed by atoms with Crippen LogP contribution in [0.4, 0.5) is 11.5 Å². The number of nitrogens with one attached hydrogen (secondary N) is 1. The van der Waals surface area contributed by atoms with Crippen LogP contribution >= 0.6 is 0 Å². The number of methoxy groups -OCH3 is 1. The lowest BCUT2D eigenvalue weighted by Crippen LogP contribution is -2.54. The topological polar surface area (TPSA) is 108 Å². The number of hydrogen-bond acceptors (Lipinski definition) is 7. The molecule has 2 aromatic rings. The van der Waals surface area contributed by atoms with Gasteiger partial charge in [0, 0.05) is 50.5 Å². The second-order valence-corrected chi connectivity index (χ2v) is 9.44. The Balaban J connectivity index is 1.50. The molecule has 1 saturated heterocycles. The van der Waals surface area contributed by atoms with Crippen LogP contribution in [0, 0.1) is 11.3 Å². The number of nitrogens with zero attached hydrogens (tertiary/aromatic N) is 4. The van der Waals surface area contributed by atoms with E-state index in [-0.39, 0.29) is 24.5 Å². The lowest BCUT2D eigenvalue weighted by atomic mass is 10.1. The van der Waals surface area contributed by atoms with Gasteiger partial charge in [-0.25, -0.2) is 4.98 Å². The van der Waals surface area contributed by atoms with Crippen molar-refractivity contribution in [3.8, 4) is 11.8 Å². The second-order valence-electron chi connectivity index (χ2n) is 9.44. The van der Waals surface area contributed by atoms with Crippen LogP contribution < -0.4 is 15.0 Å². The molecule has 1 aliphatic heterocycles. The van der Waals surface area contributed by atoms with Gasteiger partial charge in [-0.2, -0.15) is 5.26 Å². The van der Waals surface area contributed by atoms with Crippen LogP contribution in [0.25, 0.3) is 0 Å². The lowest BCUT2D eigenvalue weighted by molar-refractivity contribution is -0.134. The van der Waals surface area contributed by atoms with Crippen molar-refractivity contribution in [3.63, 3.8) is 0 Å². The summed E-state index contributed by atoms with van der Waals surface area (Å²) in [6.45, 7) is 7.98. The molecule has 2 fully saturated rings. The molecule has 1 aromatic heterocycles. The number of aromatic nitrogens is 1. The fourth-order valence-electron chi connectivity index (χ4n) is 4.53. The molecule has 1 N–H and O–H groups in total. The summed E-state index contributed by atoms with van der Waals surface area (Å²) in [5.41, 5.74) is 2.87. The minimum Gasteiger partial charge on any atom is -0.487 e. The average molecular weight is 504 g/mol. The number of rotatable bonds is 10. The minimum absolute atomic E-state index is 0.000563. The van der Waals surface area contributed by atoms with Crippen molar-refractivity contribution < 1.29 is 19.1 Å². The molecule has 0 spiro atoms. The van der Waals surface area contributed by atoms with Crippen LogP contribution in [-0.2, 0) is 20.9 Å². The van der Waals surface area contributed by atoms with Gasteiger partial charge < -0.3 is 24.6 Å². The molecular formula is C28H33N5O4. The normalized spacial score (nSPS) is 17.2. The van der Waals surface area contributed by atoms with Crippen LogP contribution in [0.15, 0.2) is 43.0 Å². The highest BCUT2D eigenvalue weighted by atomic mass is 16.5. The Labute approximate surface area is 217 Å². The van der Waals surface area contributed by atoms with Crippen LogP contribution in [-0.4, -0.2) is 61.1 Å². The van der Waals surface area contributed by atoms with Crippen LogP contribution in [0.3, 0.4) is 0 Å². The molecule has 2 amide bonds. The van der Waals surface area contributed by atoms with Crippen LogP contribution in [0.1, 0.15) is 48.9 Å². The number of benzene rings is 1. The molecule has 194 valence electrons. The number of ether oxygens (including phenoxy) is 2. The number of nitriles is 1. The van der Waals surface area contributed by atoms with Gasteiger partial charge in [-0.15, -0.1) is 0 Å². The van der Waals surface area contributed by atoms with E-state index in [4.69, 9.17) is 14.5 Å². The maximum absolute atomic E-state index is 12.5. The van der Waals surface area contributed by atoms with E-state index in [9.17, 15) is 14.9 Å². The van der Waals surface area contributed by atoms with Crippen molar-refractivity contribution in [2.45, 2.75) is 44.8 Å². The fraction of sp³-hybridized carbons (Fsp3) is 0.429. The zero-order chi connectivity index (χ0) is 26.4. The molecular weight excluding hydrogens is 470 g/mol. The fourth-order valence-corrected chi connectivity index (χ4v) is 4.53. The molecule has 0 radical (unpaired) electrons. The standard InChI is InChI=1S/C28H33N5O4/c1-4-25(34)30-23-7-5-6-20(14-23)18-37-24-15-22(16-29)28(31-27(24)21-8-9-21)32-11-12-33(19(2)17-32)26(35)10-13-36-3/h4-7,14-15,19,21H,1,8-13,17-18H2,2-3H3,(H,30,34). The third-order valence-corrected chi connectivity index (χ3v) is 6.62. The number of piperazine rings is 1. The van der Waals surface area contributed by atoms with Gasteiger partial charge in [0.15, 0.2) is 0 Å². The Bertz CT molecular complexity index is 1200. The summed E-state index contributed by atoms with van der Waals surface area (Å²) in [5, 5.41) is 12.7. The van der Waals surface area contributed by atoms with Gasteiger partial charge in [-0.1, -0.05) is 18.7 Å². The maximum Gasteiger partial charge on any atom is 0.247 e. The van der Waals surface area contributed by atoms with E-state index in [0.29, 0.717) is 61.4 Å². The SMILES string of the molecule is C=CC(=O)Nc1cccc(COc2cc(C#N)c(N3CCN(C(=O)CCOC)C(C)C3)nc2C2CC2)c1. The van der Waals surface area contributed by atoms with E-state index in [1.807, 2.05) is 30.0 Å². The average Bonchev–Trinajstić information content (AvgIpc) is 3.75. The zero-order valence-electron chi connectivity index (χ0n) is 21.4. The summed E-state index contributed by atoms with van der Waals surface area (Å²) in [7, 11) is 1.59. The van der Waals surface area contributed by atoms with E-state index in [1.165, 1.54) is 6.08 Å². The smallest absolute Gasteiger partial charge is 0.247 e.